The third-order valence-corrected chi connectivity index (χ3v) is 4.21. The lowest BCUT2D eigenvalue weighted by molar-refractivity contribution is 0.448. The van der Waals surface area contributed by atoms with Gasteiger partial charge in [-0.25, -0.2) is 9.97 Å². The zero-order valence-electron chi connectivity index (χ0n) is 12.8. The molecule has 2 heterocycles. The minimum Gasteiger partial charge on any atom is -0.369 e. The summed E-state index contributed by atoms with van der Waals surface area (Å²) in [6.07, 6.45) is 0.740. The zero-order valence-corrected chi connectivity index (χ0v) is 12.8. The number of nitrogen functional groups attached to an aromatic ring is 2. The van der Waals surface area contributed by atoms with Crippen LogP contribution in [-0.2, 0) is 0 Å². The molecular formula is C17H18N6. The minimum atomic E-state index is -0.0743. The van der Waals surface area contributed by atoms with Crippen molar-refractivity contribution in [1.82, 2.24) is 19.1 Å². The SMILES string of the molecule is CCC(n1c(N)nc2ccccc21)n1c(N)nc2ccccc21. The lowest BCUT2D eigenvalue weighted by Gasteiger charge is -2.22. The number of imidazole rings is 2. The summed E-state index contributed by atoms with van der Waals surface area (Å²) in [7, 11) is 0. The predicted molar refractivity (Wildman–Crippen MR) is 93.0 cm³/mol. The van der Waals surface area contributed by atoms with Gasteiger partial charge in [-0.1, -0.05) is 31.2 Å². The van der Waals surface area contributed by atoms with Crippen LogP contribution in [0, 0.1) is 0 Å². The molecule has 0 aliphatic heterocycles. The molecule has 4 aromatic rings. The molecule has 0 saturated heterocycles. The van der Waals surface area contributed by atoms with Gasteiger partial charge in [-0.15, -0.1) is 0 Å². The van der Waals surface area contributed by atoms with Crippen LogP contribution in [-0.4, -0.2) is 19.1 Å². The number of nitrogens with zero attached hydrogens (tertiary/aromatic N) is 4. The number of fused-ring (bicyclic) bond motifs is 2. The van der Waals surface area contributed by atoms with Gasteiger partial charge in [0, 0.05) is 0 Å². The molecule has 0 atom stereocenters. The molecule has 6 heteroatoms. The number of hydrogen-bond acceptors (Lipinski definition) is 4. The van der Waals surface area contributed by atoms with Gasteiger partial charge in [0.25, 0.3) is 0 Å². The summed E-state index contributed by atoms with van der Waals surface area (Å²) in [5, 5.41) is 0. The number of anilines is 2. The fourth-order valence-corrected chi connectivity index (χ4v) is 3.23. The Morgan fingerprint density at radius 2 is 1.26 bits per heavy atom. The average Bonchev–Trinajstić information content (AvgIpc) is 3.06. The summed E-state index contributed by atoms with van der Waals surface area (Å²) in [6.45, 7) is 2.10. The van der Waals surface area contributed by atoms with Crippen LogP contribution in [0.5, 0.6) is 0 Å². The molecular weight excluding hydrogens is 288 g/mol. The number of nitrogens with two attached hydrogens (primary N) is 2. The van der Waals surface area contributed by atoms with Gasteiger partial charge in [-0.05, 0) is 30.7 Å². The largest absolute Gasteiger partial charge is 0.369 e. The number of para-hydroxylation sites is 4. The lowest BCUT2D eigenvalue weighted by Crippen LogP contribution is -2.20. The Morgan fingerprint density at radius 3 is 1.70 bits per heavy atom. The van der Waals surface area contributed by atoms with Gasteiger partial charge in [-0.3, -0.25) is 9.13 Å². The van der Waals surface area contributed by atoms with E-state index in [1.54, 1.807) is 0 Å². The molecule has 23 heavy (non-hydrogen) atoms. The van der Waals surface area contributed by atoms with E-state index in [2.05, 4.69) is 16.9 Å². The maximum absolute atomic E-state index is 6.21. The van der Waals surface area contributed by atoms with E-state index in [4.69, 9.17) is 11.5 Å². The molecule has 0 radical (unpaired) electrons. The van der Waals surface area contributed by atoms with E-state index in [0.29, 0.717) is 11.9 Å². The average molecular weight is 306 g/mol. The number of aromatic nitrogens is 4. The molecule has 116 valence electrons. The summed E-state index contributed by atoms with van der Waals surface area (Å²) >= 11 is 0. The van der Waals surface area contributed by atoms with E-state index in [1.165, 1.54) is 0 Å². The van der Waals surface area contributed by atoms with Gasteiger partial charge in [0.05, 0.1) is 22.1 Å². The van der Waals surface area contributed by atoms with Crippen LogP contribution in [0.3, 0.4) is 0 Å². The highest BCUT2D eigenvalue weighted by atomic mass is 15.3. The first kappa shape index (κ1) is 13.6. The quantitative estimate of drug-likeness (QED) is 0.609. The third kappa shape index (κ3) is 1.95. The van der Waals surface area contributed by atoms with Gasteiger partial charge in [0.1, 0.15) is 6.17 Å². The van der Waals surface area contributed by atoms with E-state index < -0.39 is 0 Å². The summed E-state index contributed by atoms with van der Waals surface area (Å²) < 4.78 is 4.06. The number of hydrogen-bond donors (Lipinski definition) is 2. The van der Waals surface area contributed by atoms with Crippen LogP contribution in [0.1, 0.15) is 19.5 Å². The van der Waals surface area contributed by atoms with Gasteiger partial charge in [-0.2, -0.15) is 0 Å². The van der Waals surface area contributed by atoms with Crippen molar-refractivity contribution in [3.8, 4) is 0 Å². The molecule has 4 rings (SSSR count). The predicted octanol–water partition coefficient (Wildman–Crippen LogP) is 3.01. The smallest absolute Gasteiger partial charge is 0.202 e. The van der Waals surface area contributed by atoms with Gasteiger partial charge >= 0.3 is 0 Å². The zero-order chi connectivity index (χ0) is 16.0. The Kier molecular flexibility index (Phi) is 2.97. The first-order valence-corrected chi connectivity index (χ1v) is 7.65. The van der Waals surface area contributed by atoms with Crippen molar-refractivity contribution in [1.29, 1.82) is 0 Å². The Hall–Kier alpha value is -3.02. The summed E-state index contributed by atoms with van der Waals surface area (Å²) in [5.41, 5.74) is 16.2. The van der Waals surface area contributed by atoms with Crippen molar-refractivity contribution in [2.45, 2.75) is 19.5 Å². The topological polar surface area (TPSA) is 87.7 Å². The maximum Gasteiger partial charge on any atom is 0.202 e. The molecule has 0 aliphatic rings. The number of rotatable bonds is 3. The van der Waals surface area contributed by atoms with Crippen molar-refractivity contribution >= 4 is 34.0 Å². The summed E-state index contributed by atoms with van der Waals surface area (Å²) in [6, 6.07) is 15.9. The monoisotopic (exact) mass is 306 g/mol. The van der Waals surface area contributed by atoms with Gasteiger partial charge in [0.2, 0.25) is 11.9 Å². The second-order valence-electron chi connectivity index (χ2n) is 5.55. The molecule has 0 aliphatic carbocycles. The molecule has 0 saturated carbocycles. The van der Waals surface area contributed by atoms with Crippen molar-refractivity contribution in [2.24, 2.45) is 0 Å². The van der Waals surface area contributed by atoms with E-state index in [1.807, 2.05) is 57.7 Å². The van der Waals surface area contributed by atoms with Crippen LogP contribution < -0.4 is 11.5 Å². The van der Waals surface area contributed by atoms with Crippen molar-refractivity contribution in [2.75, 3.05) is 11.5 Å². The molecule has 6 nitrogen and oxygen atoms in total. The summed E-state index contributed by atoms with van der Waals surface area (Å²) in [5.74, 6) is 0.963. The van der Waals surface area contributed by atoms with E-state index >= 15 is 0 Å². The Bertz CT molecular complexity index is 917. The fraction of sp³-hybridized carbons (Fsp3) is 0.176. The van der Waals surface area contributed by atoms with E-state index in [9.17, 15) is 0 Å². The molecule has 0 amide bonds. The Morgan fingerprint density at radius 1 is 0.826 bits per heavy atom. The van der Waals surface area contributed by atoms with Crippen molar-refractivity contribution < 1.29 is 0 Å². The molecule has 4 N–H and O–H groups in total. The van der Waals surface area contributed by atoms with Crippen molar-refractivity contribution in [3.63, 3.8) is 0 Å². The van der Waals surface area contributed by atoms with Gasteiger partial charge < -0.3 is 11.5 Å². The van der Waals surface area contributed by atoms with E-state index in [-0.39, 0.29) is 6.17 Å². The summed E-state index contributed by atoms with van der Waals surface area (Å²) in [4.78, 5) is 8.94. The second kappa shape index (κ2) is 5.01. The highest BCUT2D eigenvalue weighted by Crippen LogP contribution is 2.30. The van der Waals surface area contributed by atoms with Crippen LogP contribution in [0.4, 0.5) is 11.9 Å². The lowest BCUT2D eigenvalue weighted by atomic mass is 10.2. The molecule has 0 unspecified atom stereocenters. The number of benzene rings is 2. The van der Waals surface area contributed by atoms with Gasteiger partial charge in [0.15, 0.2) is 0 Å². The highest BCUT2D eigenvalue weighted by Gasteiger charge is 2.21. The Balaban J connectivity index is 2.01. The van der Waals surface area contributed by atoms with Crippen LogP contribution in [0.25, 0.3) is 22.1 Å². The molecule has 0 fully saturated rings. The molecule has 0 bridgehead atoms. The minimum absolute atomic E-state index is 0.0743. The highest BCUT2D eigenvalue weighted by molar-refractivity contribution is 5.80. The molecule has 0 spiro atoms. The second-order valence-corrected chi connectivity index (χ2v) is 5.55. The van der Waals surface area contributed by atoms with E-state index in [0.717, 1.165) is 28.5 Å². The first-order valence-electron chi connectivity index (χ1n) is 7.65. The standard InChI is InChI=1S/C17H18N6/c1-2-15(22-13-9-5-3-7-11(13)20-16(22)18)23-14-10-6-4-8-12(14)21-17(23)19/h3-10,15H,2H2,1H3,(H2,18,20)(H2,19,21). The van der Waals surface area contributed by atoms with Crippen LogP contribution in [0.2, 0.25) is 0 Å². The van der Waals surface area contributed by atoms with Crippen molar-refractivity contribution in [3.05, 3.63) is 48.5 Å². The molecule has 2 aromatic carbocycles. The fourth-order valence-electron chi connectivity index (χ4n) is 3.23. The van der Waals surface area contributed by atoms with Crippen LogP contribution in [0.15, 0.2) is 48.5 Å². The molecule has 2 aromatic heterocycles. The maximum atomic E-state index is 6.21. The van der Waals surface area contributed by atoms with Crippen LogP contribution >= 0.6 is 0 Å². The normalized spacial score (nSPS) is 11.7. The third-order valence-electron chi connectivity index (χ3n) is 4.21. The Labute approximate surface area is 133 Å². The first-order chi connectivity index (χ1) is 11.2.